The lowest BCUT2D eigenvalue weighted by atomic mass is 10.1. The molecule has 1 amide bonds. The van der Waals surface area contributed by atoms with Crippen molar-refractivity contribution in [3.05, 3.63) is 52.1 Å². The second kappa shape index (κ2) is 9.17. The molecule has 10 heteroatoms. The fraction of sp³-hybridized carbons (Fsp3) is 0.235. The van der Waals surface area contributed by atoms with E-state index in [0.717, 1.165) is 6.07 Å². The van der Waals surface area contributed by atoms with Crippen molar-refractivity contribution in [3.63, 3.8) is 0 Å². The number of benzene rings is 2. The fourth-order valence-corrected chi connectivity index (χ4v) is 2.73. The highest BCUT2D eigenvalue weighted by molar-refractivity contribution is 7.99. The van der Waals surface area contributed by atoms with Crippen LogP contribution in [0.4, 0.5) is 20.2 Å². The summed E-state index contributed by atoms with van der Waals surface area (Å²) < 4.78 is 35.1. The Morgan fingerprint density at radius 3 is 2.44 bits per heavy atom. The first-order valence-corrected chi connectivity index (χ1v) is 8.59. The number of nitrogens with one attached hydrogen (secondary N) is 1. The molecule has 0 spiro atoms. The number of hydrogen-bond acceptors (Lipinski definition) is 6. The maximum absolute atomic E-state index is 12.5. The molecule has 0 saturated carbocycles. The molecule has 0 aliphatic carbocycles. The summed E-state index contributed by atoms with van der Waals surface area (Å²) in [5.41, 5.74) is -0.353. The zero-order valence-corrected chi connectivity index (χ0v) is 15.2. The van der Waals surface area contributed by atoms with Gasteiger partial charge in [-0.2, -0.15) is 8.78 Å². The van der Waals surface area contributed by atoms with Crippen molar-refractivity contribution in [2.45, 2.75) is 17.6 Å². The van der Waals surface area contributed by atoms with Crippen LogP contribution < -0.4 is 14.8 Å². The predicted molar refractivity (Wildman–Crippen MR) is 97.1 cm³/mol. The maximum Gasteiger partial charge on any atom is 0.288 e. The predicted octanol–water partition coefficient (Wildman–Crippen LogP) is 4.57. The normalized spacial score (nSPS) is 10.6. The van der Waals surface area contributed by atoms with E-state index < -0.39 is 22.3 Å². The summed E-state index contributed by atoms with van der Waals surface area (Å²) >= 11 is 0.374. The number of nitro groups is 1. The van der Waals surface area contributed by atoms with E-state index in [1.807, 2.05) is 0 Å². The number of rotatable bonds is 8. The molecule has 0 unspecified atom stereocenters. The second-order valence-corrected chi connectivity index (χ2v) is 6.13. The summed E-state index contributed by atoms with van der Waals surface area (Å²) in [4.78, 5) is 23.5. The first kappa shape index (κ1) is 20.4. The summed E-state index contributed by atoms with van der Waals surface area (Å²) in [5.74, 6) is -2.96. The minimum absolute atomic E-state index is 0.150. The van der Waals surface area contributed by atoms with Gasteiger partial charge in [-0.15, -0.1) is 0 Å². The van der Waals surface area contributed by atoms with E-state index in [0.29, 0.717) is 22.3 Å². The van der Waals surface area contributed by atoms with Gasteiger partial charge in [0.2, 0.25) is 0 Å². The van der Waals surface area contributed by atoms with Gasteiger partial charge in [-0.3, -0.25) is 14.9 Å². The number of ether oxygens (including phenoxy) is 2. The minimum atomic E-state index is -2.55. The van der Waals surface area contributed by atoms with Crippen LogP contribution in [0.3, 0.4) is 0 Å². The molecule has 144 valence electrons. The third kappa shape index (κ3) is 5.30. The van der Waals surface area contributed by atoms with E-state index in [4.69, 9.17) is 9.47 Å². The van der Waals surface area contributed by atoms with Crippen molar-refractivity contribution < 1.29 is 28.0 Å². The molecular weight excluding hydrogens is 382 g/mol. The first-order valence-electron chi connectivity index (χ1n) is 7.71. The Balaban J connectivity index is 2.30. The largest absolute Gasteiger partial charge is 0.493 e. The quantitative estimate of drug-likeness (QED) is 0.398. The average Bonchev–Trinajstić information content (AvgIpc) is 2.62. The molecule has 0 aliphatic heterocycles. The Morgan fingerprint density at radius 1 is 1.26 bits per heavy atom. The van der Waals surface area contributed by atoms with Gasteiger partial charge in [-0.1, -0.05) is 11.8 Å². The minimum Gasteiger partial charge on any atom is -0.493 e. The van der Waals surface area contributed by atoms with Gasteiger partial charge >= 0.3 is 0 Å². The second-order valence-electron chi connectivity index (χ2n) is 5.07. The Morgan fingerprint density at radius 2 is 1.93 bits per heavy atom. The van der Waals surface area contributed by atoms with E-state index in [-0.39, 0.29) is 23.7 Å². The summed E-state index contributed by atoms with van der Waals surface area (Å²) in [6, 6.07) is 8.04. The van der Waals surface area contributed by atoms with Crippen molar-refractivity contribution in [2.24, 2.45) is 0 Å². The van der Waals surface area contributed by atoms with Crippen LogP contribution in [0, 0.1) is 10.1 Å². The number of halogens is 2. The number of thioether (sulfide) groups is 1. The standard InChI is InChI=1S/C17H16F2N2O5S/c1-3-26-15-9-13(21(23)24)12(8-14(15)25-2)16(22)20-10-4-6-11(7-5-10)27-17(18)19/h4-9,17H,3H2,1-2H3,(H,20,22). The van der Waals surface area contributed by atoms with Crippen molar-refractivity contribution >= 4 is 29.0 Å². The van der Waals surface area contributed by atoms with Crippen molar-refractivity contribution in [3.8, 4) is 11.5 Å². The topological polar surface area (TPSA) is 90.7 Å². The van der Waals surface area contributed by atoms with Crippen molar-refractivity contribution in [2.75, 3.05) is 19.0 Å². The SMILES string of the molecule is CCOc1cc([N+](=O)[O-])c(C(=O)Nc2ccc(SC(F)F)cc2)cc1OC. The van der Waals surface area contributed by atoms with Crippen molar-refractivity contribution in [1.29, 1.82) is 0 Å². The summed E-state index contributed by atoms with van der Waals surface area (Å²) in [7, 11) is 1.35. The molecule has 0 atom stereocenters. The van der Waals surface area contributed by atoms with Crippen LogP contribution in [0.2, 0.25) is 0 Å². The Kier molecular flexibility index (Phi) is 6.94. The van der Waals surface area contributed by atoms with Gasteiger partial charge in [0, 0.05) is 16.6 Å². The van der Waals surface area contributed by atoms with Crippen LogP contribution >= 0.6 is 11.8 Å². The van der Waals surface area contributed by atoms with Gasteiger partial charge in [0.1, 0.15) is 5.56 Å². The molecule has 27 heavy (non-hydrogen) atoms. The summed E-state index contributed by atoms with van der Waals surface area (Å²) in [5, 5.41) is 13.8. The number of alkyl halides is 2. The van der Waals surface area contributed by atoms with E-state index in [9.17, 15) is 23.7 Å². The molecule has 1 N–H and O–H groups in total. The van der Waals surface area contributed by atoms with Gasteiger partial charge in [-0.25, -0.2) is 0 Å². The van der Waals surface area contributed by atoms with E-state index in [2.05, 4.69) is 5.32 Å². The number of hydrogen-bond donors (Lipinski definition) is 1. The number of carbonyl (C=O) groups excluding carboxylic acids is 1. The third-order valence-electron chi connectivity index (χ3n) is 3.36. The van der Waals surface area contributed by atoms with E-state index in [1.165, 1.54) is 37.4 Å². The molecule has 2 aromatic carbocycles. The number of carbonyl (C=O) groups is 1. The van der Waals surface area contributed by atoms with Crippen LogP contribution in [-0.4, -0.2) is 30.3 Å². The number of amides is 1. The summed E-state index contributed by atoms with van der Waals surface area (Å²) in [6.45, 7) is 1.98. The highest BCUT2D eigenvalue weighted by Gasteiger charge is 2.25. The molecule has 0 aromatic heterocycles. The van der Waals surface area contributed by atoms with Gasteiger partial charge in [0.15, 0.2) is 11.5 Å². The maximum atomic E-state index is 12.5. The average molecular weight is 398 g/mol. The Hall–Kier alpha value is -2.88. The smallest absolute Gasteiger partial charge is 0.288 e. The molecular formula is C17H16F2N2O5S. The Labute approximate surface area is 157 Å². The lowest BCUT2D eigenvalue weighted by Crippen LogP contribution is -2.14. The van der Waals surface area contributed by atoms with Crippen LogP contribution in [0.5, 0.6) is 11.5 Å². The number of nitro benzene ring substituents is 1. The fourth-order valence-electron chi connectivity index (χ4n) is 2.23. The van der Waals surface area contributed by atoms with Gasteiger partial charge < -0.3 is 14.8 Å². The molecule has 2 aromatic rings. The molecule has 7 nitrogen and oxygen atoms in total. The summed E-state index contributed by atoms with van der Waals surface area (Å²) in [6.07, 6.45) is 0. The van der Waals surface area contributed by atoms with Crippen LogP contribution in [0.25, 0.3) is 0 Å². The molecule has 0 heterocycles. The number of nitrogens with zero attached hydrogens (tertiary/aromatic N) is 1. The first-order chi connectivity index (χ1) is 12.8. The molecule has 0 saturated heterocycles. The van der Waals surface area contributed by atoms with Gasteiger partial charge in [-0.05, 0) is 31.2 Å². The van der Waals surface area contributed by atoms with Gasteiger partial charge in [0.05, 0.1) is 24.7 Å². The van der Waals surface area contributed by atoms with Crippen LogP contribution in [0.15, 0.2) is 41.3 Å². The molecule has 0 radical (unpaired) electrons. The zero-order valence-electron chi connectivity index (χ0n) is 14.4. The molecule has 0 aliphatic rings. The van der Waals surface area contributed by atoms with Crippen LogP contribution in [0.1, 0.15) is 17.3 Å². The zero-order chi connectivity index (χ0) is 20.0. The lowest BCUT2D eigenvalue weighted by Gasteiger charge is -2.12. The van der Waals surface area contributed by atoms with E-state index >= 15 is 0 Å². The Bertz CT molecular complexity index is 831. The lowest BCUT2D eigenvalue weighted by molar-refractivity contribution is -0.385. The molecule has 0 bridgehead atoms. The highest BCUT2D eigenvalue weighted by Crippen LogP contribution is 2.35. The van der Waals surface area contributed by atoms with Gasteiger partial charge in [0.25, 0.3) is 17.4 Å². The number of anilines is 1. The highest BCUT2D eigenvalue weighted by atomic mass is 32.2. The van der Waals surface area contributed by atoms with Crippen LogP contribution in [-0.2, 0) is 0 Å². The molecule has 2 rings (SSSR count). The third-order valence-corrected chi connectivity index (χ3v) is 4.08. The monoisotopic (exact) mass is 398 g/mol. The van der Waals surface area contributed by atoms with E-state index in [1.54, 1.807) is 6.92 Å². The number of methoxy groups -OCH3 is 1. The molecule has 0 fully saturated rings. The van der Waals surface area contributed by atoms with Crippen molar-refractivity contribution in [1.82, 2.24) is 0 Å².